The molecule has 0 aliphatic heterocycles. The highest BCUT2D eigenvalue weighted by Gasteiger charge is 2.16. The molecule has 1 aliphatic rings. The van der Waals surface area contributed by atoms with Crippen LogP contribution in [-0.2, 0) is 9.53 Å². The summed E-state index contributed by atoms with van der Waals surface area (Å²) in [5.74, 6) is -0.679. The monoisotopic (exact) mass is 323 g/mol. The van der Waals surface area contributed by atoms with Gasteiger partial charge in [0.2, 0.25) is 5.91 Å². The van der Waals surface area contributed by atoms with Crippen LogP contribution in [0.25, 0.3) is 0 Å². The number of nitrogens with one attached hydrogen (secondary N) is 1. The summed E-state index contributed by atoms with van der Waals surface area (Å²) in [5, 5.41) is 2.64. The van der Waals surface area contributed by atoms with E-state index in [9.17, 15) is 14.0 Å². The van der Waals surface area contributed by atoms with E-state index in [1.807, 2.05) is 6.08 Å². The molecule has 22 heavy (non-hydrogen) atoms. The molecular formula is C16H15ClFNO3. The lowest BCUT2D eigenvalue weighted by Crippen LogP contribution is -2.25. The zero-order chi connectivity index (χ0) is 16.1. The molecule has 116 valence electrons. The molecule has 2 rings (SSSR count). The molecule has 0 radical (unpaired) electrons. The molecule has 0 spiro atoms. The van der Waals surface area contributed by atoms with E-state index in [4.69, 9.17) is 16.3 Å². The lowest BCUT2D eigenvalue weighted by atomic mass is 10.1. The van der Waals surface area contributed by atoms with Gasteiger partial charge in [-0.3, -0.25) is 9.59 Å². The highest BCUT2D eigenvalue weighted by Crippen LogP contribution is 2.19. The number of hydrogen-bond donors (Lipinski definition) is 1. The minimum atomic E-state index is -0.532. The molecule has 0 saturated heterocycles. The van der Waals surface area contributed by atoms with Gasteiger partial charge in [0.15, 0.2) is 5.78 Å². The summed E-state index contributed by atoms with van der Waals surface area (Å²) in [6.45, 7) is 0. The SMILES string of the molecule is COC1=CC(NC(=O)CC(=O)c2ccc(F)cc2Cl)=CCC1. The van der Waals surface area contributed by atoms with Gasteiger partial charge in [-0.25, -0.2) is 4.39 Å². The average Bonchev–Trinajstić information content (AvgIpc) is 2.47. The van der Waals surface area contributed by atoms with Crippen LogP contribution in [0.2, 0.25) is 5.02 Å². The minimum absolute atomic E-state index is 0.00347. The second-order valence-electron chi connectivity index (χ2n) is 4.79. The Balaban J connectivity index is 1.99. The second kappa shape index (κ2) is 7.22. The van der Waals surface area contributed by atoms with E-state index in [2.05, 4.69) is 5.32 Å². The predicted molar refractivity (Wildman–Crippen MR) is 80.9 cm³/mol. The molecule has 1 aliphatic carbocycles. The van der Waals surface area contributed by atoms with Crippen molar-refractivity contribution in [3.63, 3.8) is 0 Å². The van der Waals surface area contributed by atoms with Crippen molar-refractivity contribution in [2.24, 2.45) is 0 Å². The van der Waals surface area contributed by atoms with E-state index in [1.54, 1.807) is 13.2 Å². The van der Waals surface area contributed by atoms with E-state index >= 15 is 0 Å². The Bertz CT molecular complexity index is 667. The first kappa shape index (κ1) is 16.2. The van der Waals surface area contributed by atoms with Crippen molar-refractivity contribution < 1.29 is 18.7 Å². The van der Waals surface area contributed by atoms with Gasteiger partial charge < -0.3 is 10.1 Å². The number of Topliss-reactive ketones (excluding diaryl/α,β-unsaturated/α-hetero) is 1. The highest BCUT2D eigenvalue weighted by molar-refractivity contribution is 6.34. The van der Waals surface area contributed by atoms with Crippen molar-refractivity contribution in [1.29, 1.82) is 0 Å². The van der Waals surface area contributed by atoms with Crippen LogP contribution in [0.15, 0.2) is 41.8 Å². The van der Waals surface area contributed by atoms with Gasteiger partial charge >= 0.3 is 0 Å². The fourth-order valence-corrected chi connectivity index (χ4v) is 2.36. The van der Waals surface area contributed by atoms with Gasteiger partial charge in [0, 0.05) is 17.7 Å². The number of halogens is 2. The summed E-state index contributed by atoms with van der Waals surface area (Å²) in [7, 11) is 1.57. The first-order valence-corrected chi connectivity index (χ1v) is 7.10. The smallest absolute Gasteiger partial charge is 0.232 e. The van der Waals surface area contributed by atoms with Gasteiger partial charge in [0.25, 0.3) is 0 Å². The number of carbonyl (C=O) groups excluding carboxylic acids is 2. The lowest BCUT2D eigenvalue weighted by molar-refractivity contribution is -0.119. The first-order valence-electron chi connectivity index (χ1n) is 6.72. The van der Waals surface area contributed by atoms with E-state index in [1.165, 1.54) is 6.07 Å². The molecule has 6 heteroatoms. The maximum Gasteiger partial charge on any atom is 0.232 e. The zero-order valence-corrected chi connectivity index (χ0v) is 12.7. The van der Waals surface area contributed by atoms with Gasteiger partial charge in [0.05, 0.1) is 24.3 Å². The molecule has 4 nitrogen and oxygen atoms in total. The standard InChI is InChI=1S/C16H15ClFNO3/c1-22-12-4-2-3-11(8-12)19-16(21)9-15(20)13-6-5-10(18)7-14(13)17/h3,5-8H,2,4,9H2,1H3,(H,19,21). The maximum absolute atomic E-state index is 13.0. The van der Waals surface area contributed by atoms with Gasteiger partial charge in [-0.1, -0.05) is 17.7 Å². The Morgan fingerprint density at radius 3 is 2.86 bits per heavy atom. The van der Waals surface area contributed by atoms with Crippen LogP contribution >= 0.6 is 11.6 Å². The van der Waals surface area contributed by atoms with Gasteiger partial charge in [-0.15, -0.1) is 0 Å². The second-order valence-corrected chi connectivity index (χ2v) is 5.19. The number of methoxy groups -OCH3 is 1. The minimum Gasteiger partial charge on any atom is -0.501 e. The van der Waals surface area contributed by atoms with Crippen molar-refractivity contribution in [2.75, 3.05) is 7.11 Å². The maximum atomic E-state index is 13.0. The van der Waals surface area contributed by atoms with Gasteiger partial charge in [-0.2, -0.15) is 0 Å². The molecule has 0 fully saturated rings. The summed E-state index contributed by atoms with van der Waals surface area (Å²) in [6, 6.07) is 3.45. The molecular weight excluding hydrogens is 309 g/mol. The van der Waals surface area contributed by atoms with Gasteiger partial charge in [0.1, 0.15) is 5.82 Å². The molecule has 1 amide bonds. The van der Waals surface area contributed by atoms with Crippen LogP contribution in [0, 0.1) is 5.82 Å². The van der Waals surface area contributed by atoms with E-state index in [-0.39, 0.29) is 17.0 Å². The van der Waals surface area contributed by atoms with Crippen LogP contribution < -0.4 is 5.32 Å². The molecule has 1 aromatic carbocycles. The van der Waals surface area contributed by atoms with Crippen molar-refractivity contribution in [2.45, 2.75) is 19.3 Å². The molecule has 1 N–H and O–H groups in total. The molecule has 0 unspecified atom stereocenters. The number of benzene rings is 1. The summed E-state index contributed by atoms with van der Waals surface area (Å²) >= 11 is 5.81. The summed E-state index contributed by atoms with van der Waals surface area (Å²) in [5.41, 5.74) is 0.732. The van der Waals surface area contributed by atoms with Crippen molar-refractivity contribution in [1.82, 2.24) is 5.32 Å². The number of carbonyl (C=O) groups is 2. The number of rotatable bonds is 5. The molecule has 0 aromatic heterocycles. The number of amides is 1. The van der Waals surface area contributed by atoms with Crippen molar-refractivity contribution in [3.8, 4) is 0 Å². The molecule has 0 saturated carbocycles. The number of ketones is 1. The fourth-order valence-electron chi connectivity index (χ4n) is 2.08. The van der Waals surface area contributed by atoms with Crippen molar-refractivity contribution in [3.05, 3.63) is 58.2 Å². The van der Waals surface area contributed by atoms with Crippen molar-refractivity contribution >= 4 is 23.3 Å². The Morgan fingerprint density at radius 1 is 1.41 bits per heavy atom. The Morgan fingerprint density at radius 2 is 2.18 bits per heavy atom. The highest BCUT2D eigenvalue weighted by atomic mass is 35.5. The summed E-state index contributed by atoms with van der Waals surface area (Å²) in [4.78, 5) is 23.9. The van der Waals surface area contributed by atoms with Crippen LogP contribution in [0.4, 0.5) is 4.39 Å². The van der Waals surface area contributed by atoms with Crippen LogP contribution in [0.1, 0.15) is 29.6 Å². The number of ether oxygens (including phenoxy) is 1. The Labute approximate surface area is 132 Å². The third-order valence-electron chi connectivity index (χ3n) is 3.17. The van der Waals surface area contributed by atoms with Crippen LogP contribution in [0.5, 0.6) is 0 Å². The normalized spacial score (nSPS) is 14.0. The Hall–Kier alpha value is -2.14. The summed E-state index contributed by atoms with van der Waals surface area (Å²) < 4.78 is 18.1. The predicted octanol–water partition coefficient (Wildman–Crippen LogP) is 3.38. The van der Waals surface area contributed by atoms with E-state index in [0.29, 0.717) is 5.70 Å². The number of hydrogen-bond acceptors (Lipinski definition) is 3. The molecule has 0 bridgehead atoms. The topological polar surface area (TPSA) is 55.4 Å². The van der Waals surface area contributed by atoms with Gasteiger partial charge in [-0.05, 0) is 30.7 Å². The Kier molecular flexibility index (Phi) is 5.33. The average molecular weight is 324 g/mol. The lowest BCUT2D eigenvalue weighted by Gasteiger charge is -2.13. The summed E-state index contributed by atoms with van der Waals surface area (Å²) in [6.07, 6.45) is 4.75. The third-order valence-corrected chi connectivity index (χ3v) is 3.48. The van der Waals surface area contributed by atoms with Crippen LogP contribution in [0.3, 0.4) is 0 Å². The van der Waals surface area contributed by atoms with Crippen LogP contribution in [-0.4, -0.2) is 18.8 Å². The largest absolute Gasteiger partial charge is 0.501 e. The fraction of sp³-hybridized carbons (Fsp3) is 0.250. The first-order chi connectivity index (χ1) is 10.5. The quantitative estimate of drug-likeness (QED) is 0.667. The molecule has 0 heterocycles. The molecule has 0 atom stereocenters. The number of allylic oxidation sites excluding steroid dienone is 3. The molecule has 1 aromatic rings. The zero-order valence-electron chi connectivity index (χ0n) is 12.0. The van der Waals surface area contributed by atoms with E-state index < -0.39 is 17.5 Å². The van der Waals surface area contributed by atoms with E-state index in [0.717, 1.165) is 30.7 Å². The third kappa shape index (κ3) is 4.18.